The van der Waals surface area contributed by atoms with Crippen molar-refractivity contribution in [2.75, 3.05) is 0 Å². The Labute approximate surface area is 119 Å². The van der Waals surface area contributed by atoms with Crippen LogP contribution in [0.2, 0.25) is 0 Å². The molecule has 0 fully saturated rings. The molecule has 0 amide bonds. The molecule has 3 atom stereocenters. The van der Waals surface area contributed by atoms with E-state index in [0.717, 1.165) is 6.42 Å². The van der Waals surface area contributed by atoms with Crippen molar-refractivity contribution >= 4 is 11.6 Å². The van der Waals surface area contributed by atoms with Gasteiger partial charge in [0.1, 0.15) is 0 Å². The van der Waals surface area contributed by atoms with Crippen LogP contribution in [0.4, 0.5) is 0 Å². The summed E-state index contributed by atoms with van der Waals surface area (Å²) in [7, 11) is 0. The Morgan fingerprint density at radius 2 is 1.89 bits per heavy atom. The molecule has 0 N–H and O–H groups in total. The van der Waals surface area contributed by atoms with Crippen molar-refractivity contribution in [3.8, 4) is 0 Å². The van der Waals surface area contributed by atoms with E-state index in [1.54, 1.807) is 0 Å². The molecular formula is C15H19ClN2O. The van der Waals surface area contributed by atoms with E-state index in [-0.39, 0.29) is 11.3 Å². The molecule has 0 aliphatic carbocycles. The van der Waals surface area contributed by atoms with Crippen molar-refractivity contribution in [1.82, 2.24) is 10.1 Å². The zero-order chi connectivity index (χ0) is 13.8. The Kier molecular flexibility index (Phi) is 4.59. The fraction of sp³-hybridized carbons (Fsp3) is 0.467. The topological polar surface area (TPSA) is 38.9 Å². The van der Waals surface area contributed by atoms with Crippen LogP contribution in [0.5, 0.6) is 0 Å². The lowest BCUT2D eigenvalue weighted by Gasteiger charge is -2.19. The molecule has 1 aromatic heterocycles. The van der Waals surface area contributed by atoms with Gasteiger partial charge in [-0.3, -0.25) is 0 Å². The highest BCUT2D eigenvalue weighted by Gasteiger charge is 2.26. The van der Waals surface area contributed by atoms with Crippen LogP contribution >= 0.6 is 11.6 Å². The predicted octanol–water partition coefficient (Wildman–Crippen LogP) is 4.55. The first kappa shape index (κ1) is 14.1. The Hall–Kier alpha value is -1.35. The number of hydrogen-bond donors (Lipinski definition) is 0. The third-order valence-corrected chi connectivity index (χ3v) is 3.65. The lowest BCUT2D eigenvalue weighted by Crippen LogP contribution is -2.11. The maximum absolute atomic E-state index is 6.00. The second kappa shape index (κ2) is 6.20. The van der Waals surface area contributed by atoms with Gasteiger partial charge in [-0.25, -0.2) is 0 Å². The molecular weight excluding hydrogens is 260 g/mol. The van der Waals surface area contributed by atoms with E-state index in [9.17, 15) is 0 Å². The number of rotatable bonds is 5. The average Bonchev–Trinajstić information content (AvgIpc) is 2.89. The second-order valence-corrected chi connectivity index (χ2v) is 5.54. The molecule has 0 spiro atoms. The first-order valence-corrected chi connectivity index (χ1v) is 7.09. The summed E-state index contributed by atoms with van der Waals surface area (Å²) in [5, 5.41) is 3.73. The van der Waals surface area contributed by atoms with Gasteiger partial charge in [-0.1, -0.05) is 55.8 Å². The minimum absolute atomic E-state index is 0.128. The zero-order valence-corrected chi connectivity index (χ0v) is 12.3. The van der Waals surface area contributed by atoms with Gasteiger partial charge in [0, 0.05) is 0 Å². The number of halogens is 1. The first-order chi connectivity index (χ1) is 9.13. The molecule has 0 bridgehead atoms. The summed E-state index contributed by atoms with van der Waals surface area (Å²) in [5.41, 5.74) is 1.20. The second-order valence-electron chi connectivity index (χ2n) is 4.88. The van der Waals surface area contributed by atoms with Crippen LogP contribution in [-0.2, 0) is 0 Å². The Morgan fingerprint density at radius 1 is 1.21 bits per heavy atom. The SMILES string of the molecule is CCC(C)C(c1ccccc1)c1nc(C(C)Cl)no1. The maximum Gasteiger partial charge on any atom is 0.234 e. The number of nitrogens with zero attached hydrogens (tertiary/aromatic N) is 2. The van der Waals surface area contributed by atoms with E-state index in [1.165, 1.54) is 5.56 Å². The quantitative estimate of drug-likeness (QED) is 0.753. The molecule has 1 aromatic carbocycles. The molecule has 3 nitrogen and oxygen atoms in total. The Balaban J connectivity index is 2.37. The fourth-order valence-electron chi connectivity index (χ4n) is 2.15. The van der Waals surface area contributed by atoms with Crippen molar-refractivity contribution in [3.05, 3.63) is 47.6 Å². The monoisotopic (exact) mass is 278 g/mol. The summed E-state index contributed by atoms with van der Waals surface area (Å²) in [5.74, 6) is 1.77. The fourth-order valence-corrected chi connectivity index (χ4v) is 2.23. The molecule has 0 saturated heterocycles. The largest absolute Gasteiger partial charge is 0.339 e. The van der Waals surface area contributed by atoms with Gasteiger partial charge in [0.2, 0.25) is 5.89 Å². The molecule has 2 aromatic rings. The molecule has 4 heteroatoms. The van der Waals surface area contributed by atoms with Crippen molar-refractivity contribution in [3.63, 3.8) is 0 Å². The van der Waals surface area contributed by atoms with Crippen LogP contribution in [0.15, 0.2) is 34.9 Å². The van der Waals surface area contributed by atoms with E-state index in [0.29, 0.717) is 17.6 Å². The summed E-state index contributed by atoms with van der Waals surface area (Å²) in [6.07, 6.45) is 1.05. The number of alkyl halides is 1. The standard InChI is InChI=1S/C15H19ClN2O/c1-4-10(2)13(12-8-6-5-7-9-12)15-17-14(11(3)16)18-19-15/h5-11,13H,4H2,1-3H3. The zero-order valence-electron chi connectivity index (χ0n) is 11.5. The van der Waals surface area contributed by atoms with E-state index >= 15 is 0 Å². The van der Waals surface area contributed by atoms with Crippen LogP contribution in [0.3, 0.4) is 0 Å². The van der Waals surface area contributed by atoms with Crippen LogP contribution in [0, 0.1) is 5.92 Å². The van der Waals surface area contributed by atoms with E-state index in [4.69, 9.17) is 16.1 Å². The van der Waals surface area contributed by atoms with Crippen molar-refractivity contribution < 1.29 is 4.52 Å². The van der Waals surface area contributed by atoms with E-state index in [2.05, 4.69) is 36.1 Å². The summed E-state index contributed by atoms with van der Waals surface area (Å²) in [6.45, 7) is 6.21. The third kappa shape index (κ3) is 3.16. The van der Waals surface area contributed by atoms with Crippen molar-refractivity contribution in [2.24, 2.45) is 5.92 Å². The third-order valence-electron chi connectivity index (χ3n) is 3.45. The molecule has 0 aliphatic rings. The average molecular weight is 279 g/mol. The molecule has 19 heavy (non-hydrogen) atoms. The highest BCUT2D eigenvalue weighted by atomic mass is 35.5. The highest BCUT2D eigenvalue weighted by Crippen LogP contribution is 2.33. The van der Waals surface area contributed by atoms with Crippen molar-refractivity contribution in [2.45, 2.75) is 38.5 Å². The van der Waals surface area contributed by atoms with Crippen LogP contribution in [-0.4, -0.2) is 10.1 Å². The molecule has 1 heterocycles. The molecule has 0 saturated carbocycles. The smallest absolute Gasteiger partial charge is 0.234 e. The van der Waals surface area contributed by atoms with Gasteiger partial charge >= 0.3 is 0 Å². The van der Waals surface area contributed by atoms with Crippen LogP contribution < -0.4 is 0 Å². The normalized spacial score (nSPS) is 16.0. The summed E-state index contributed by atoms with van der Waals surface area (Å²) < 4.78 is 5.42. The lowest BCUT2D eigenvalue weighted by atomic mass is 9.85. The van der Waals surface area contributed by atoms with Gasteiger partial charge in [-0.05, 0) is 18.4 Å². The maximum atomic E-state index is 6.00. The van der Waals surface area contributed by atoms with Gasteiger partial charge in [0.15, 0.2) is 5.82 Å². The summed E-state index contributed by atoms with van der Waals surface area (Å²) in [6, 6.07) is 10.3. The number of hydrogen-bond acceptors (Lipinski definition) is 3. The highest BCUT2D eigenvalue weighted by molar-refractivity contribution is 6.20. The number of benzene rings is 1. The van der Waals surface area contributed by atoms with Gasteiger partial charge < -0.3 is 4.52 Å². The molecule has 0 aliphatic heterocycles. The number of aromatic nitrogens is 2. The molecule has 102 valence electrons. The predicted molar refractivity (Wildman–Crippen MR) is 76.3 cm³/mol. The summed E-state index contributed by atoms with van der Waals surface area (Å²) >= 11 is 6.00. The van der Waals surface area contributed by atoms with Crippen LogP contribution in [0.1, 0.15) is 55.8 Å². The van der Waals surface area contributed by atoms with Crippen molar-refractivity contribution in [1.29, 1.82) is 0 Å². The van der Waals surface area contributed by atoms with Crippen LogP contribution in [0.25, 0.3) is 0 Å². The van der Waals surface area contributed by atoms with E-state index < -0.39 is 0 Å². The molecule has 2 rings (SSSR count). The summed E-state index contributed by atoms with van der Waals surface area (Å²) in [4.78, 5) is 4.45. The van der Waals surface area contributed by atoms with Gasteiger partial charge in [-0.15, -0.1) is 11.6 Å². The van der Waals surface area contributed by atoms with Gasteiger partial charge in [0.05, 0.1) is 11.3 Å². The van der Waals surface area contributed by atoms with E-state index in [1.807, 2.05) is 25.1 Å². The molecule has 3 unspecified atom stereocenters. The Bertz CT molecular complexity index is 510. The van der Waals surface area contributed by atoms with Gasteiger partial charge in [0.25, 0.3) is 0 Å². The van der Waals surface area contributed by atoms with Gasteiger partial charge in [-0.2, -0.15) is 4.98 Å². The molecule has 0 radical (unpaired) electrons. The lowest BCUT2D eigenvalue weighted by molar-refractivity contribution is 0.328. The minimum Gasteiger partial charge on any atom is -0.339 e. The Morgan fingerprint density at radius 3 is 2.42 bits per heavy atom. The minimum atomic E-state index is -0.231. The first-order valence-electron chi connectivity index (χ1n) is 6.66.